The Morgan fingerprint density at radius 3 is 2.00 bits per heavy atom. The lowest BCUT2D eigenvalue weighted by Crippen LogP contribution is -2.47. The fourth-order valence-corrected chi connectivity index (χ4v) is 3.28. The zero-order valence-electron chi connectivity index (χ0n) is 16.1. The van der Waals surface area contributed by atoms with Gasteiger partial charge in [-0.25, -0.2) is 4.79 Å². The standard InChI is InChI=1S/C22H28N4O2/c27-21(24-22(28)23-17-19-7-3-1-4-8-19)11-12-25-13-15-26(16-14-25)18-20-9-5-2-6-10-20/h1-10H,11-18H2,(H2,23,24,27,28). The van der Waals surface area contributed by atoms with Crippen LogP contribution < -0.4 is 10.6 Å². The summed E-state index contributed by atoms with van der Waals surface area (Å²) in [6, 6.07) is 19.7. The molecular weight excluding hydrogens is 352 g/mol. The molecule has 0 aromatic heterocycles. The van der Waals surface area contributed by atoms with Gasteiger partial charge in [-0.15, -0.1) is 0 Å². The summed E-state index contributed by atoms with van der Waals surface area (Å²) in [5.74, 6) is -0.239. The van der Waals surface area contributed by atoms with Gasteiger partial charge in [-0.3, -0.25) is 15.0 Å². The molecule has 1 fully saturated rings. The highest BCUT2D eigenvalue weighted by atomic mass is 16.2. The highest BCUT2D eigenvalue weighted by molar-refractivity contribution is 5.94. The number of hydrogen-bond acceptors (Lipinski definition) is 4. The summed E-state index contributed by atoms with van der Waals surface area (Å²) in [4.78, 5) is 28.5. The van der Waals surface area contributed by atoms with E-state index in [1.807, 2.05) is 36.4 Å². The van der Waals surface area contributed by atoms with Gasteiger partial charge in [0.1, 0.15) is 0 Å². The Bertz CT molecular complexity index is 744. The van der Waals surface area contributed by atoms with Crippen molar-refractivity contribution in [2.45, 2.75) is 19.5 Å². The molecule has 2 N–H and O–H groups in total. The van der Waals surface area contributed by atoms with Crippen LogP contribution in [0.4, 0.5) is 4.79 Å². The minimum Gasteiger partial charge on any atom is -0.334 e. The molecule has 0 saturated carbocycles. The third kappa shape index (κ3) is 6.79. The van der Waals surface area contributed by atoms with Gasteiger partial charge in [0, 0.05) is 52.2 Å². The second kappa shape index (κ2) is 10.6. The van der Waals surface area contributed by atoms with Crippen LogP contribution >= 0.6 is 0 Å². The van der Waals surface area contributed by atoms with E-state index in [1.165, 1.54) is 5.56 Å². The first kappa shape index (κ1) is 20.0. The number of piperazine rings is 1. The van der Waals surface area contributed by atoms with Crippen LogP contribution in [0.3, 0.4) is 0 Å². The SMILES string of the molecule is O=C(CCN1CCN(Cc2ccccc2)CC1)NC(=O)NCc1ccccc1. The Balaban J connectivity index is 1.29. The molecule has 1 aliphatic heterocycles. The molecule has 6 heteroatoms. The average molecular weight is 380 g/mol. The Morgan fingerprint density at radius 1 is 0.786 bits per heavy atom. The number of rotatable bonds is 7. The Morgan fingerprint density at radius 2 is 1.36 bits per heavy atom. The molecule has 3 rings (SSSR count). The average Bonchev–Trinajstić information content (AvgIpc) is 2.73. The molecule has 0 bridgehead atoms. The molecule has 1 aliphatic rings. The summed E-state index contributed by atoms with van der Waals surface area (Å²) in [6.45, 7) is 5.93. The summed E-state index contributed by atoms with van der Waals surface area (Å²) in [5.41, 5.74) is 2.33. The maximum absolute atomic E-state index is 12.0. The van der Waals surface area contributed by atoms with Crippen LogP contribution in [0.2, 0.25) is 0 Å². The zero-order valence-corrected chi connectivity index (χ0v) is 16.1. The smallest absolute Gasteiger partial charge is 0.321 e. The van der Waals surface area contributed by atoms with E-state index in [0.717, 1.165) is 38.3 Å². The molecule has 2 aromatic rings. The molecule has 0 atom stereocenters. The Hall–Kier alpha value is -2.70. The number of carbonyl (C=O) groups is 2. The lowest BCUT2D eigenvalue weighted by atomic mass is 10.2. The number of imide groups is 1. The van der Waals surface area contributed by atoms with Gasteiger partial charge >= 0.3 is 6.03 Å². The van der Waals surface area contributed by atoms with Crippen molar-refractivity contribution in [1.82, 2.24) is 20.4 Å². The summed E-state index contributed by atoms with van der Waals surface area (Å²) in [7, 11) is 0. The number of urea groups is 1. The zero-order chi connectivity index (χ0) is 19.6. The summed E-state index contributed by atoms with van der Waals surface area (Å²) in [6.07, 6.45) is 0.331. The second-order valence-corrected chi connectivity index (χ2v) is 7.07. The van der Waals surface area contributed by atoms with Crippen molar-refractivity contribution in [1.29, 1.82) is 0 Å². The maximum atomic E-state index is 12.0. The van der Waals surface area contributed by atoms with Gasteiger partial charge in [0.05, 0.1) is 0 Å². The van der Waals surface area contributed by atoms with Crippen molar-refractivity contribution in [3.05, 3.63) is 71.8 Å². The Kier molecular flexibility index (Phi) is 7.58. The van der Waals surface area contributed by atoms with Crippen molar-refractivity contribution >= 4 is 11.9 Å². The van der Waals surface area contributed by atoms with E-state index in [1.54, 1.807) is 0 Å². The fourth-order valence-electron chi connectivity index (χ4n) is 3.28. The lowest BCUT2D eigenvalue weighted by Gasteiger charge is -2.34. The van der Waals surface area contributed by atoms with Crippen LogP contribution in [0.1, 0.15) is 17.5 Å². The van der Waals surface area contributed by atoms with Crippen molar-refractivity contribution in [3.8, 4) is 0 Å². The van der Waals surface area contributed by atoms with Crippen LogP contribution in [-0.4, -0.2) is 54.5 Å². The van der Waals surface area contributed by atoms with Crippen LogP contribution in [0, 0.1) is 0 Å². The molecule has 0 aliphatic carbocycles. The van der Waals surface area contributed by atoms with E-state index in [-0.39, 0.29) is 5.91 Å². The van der Waals surface area contributed by atoms with Gasteiger partial charge in [-0.05, 0) is 11.1 Å². The summed E-state index contributed by atoms with van der Waals surface area (Å²) < 4.78 is 0. The topological polar surface area (TPSA) is 64.7 Å². The molecule has 6 nitrogen and oxygen atoms in total. The van der Waals surface area contributed by atoms with E-state index in [0.29, 0.717) is 19.5 Å². The summed E-state index contributed by atoms with van der Waals surface area (Å²) in [5, 5.41) is 5.11. The predicted octanol–water partition coefficient (Wildman–Crippen LogP) is 2.22. The van der Waals surface area contributed by atoms with Crippen LogP contribution in [0.15, 0.2) is 60.7 Å². The first-order valence-electron chi connectivity index (χ1n) is 9.79. The van der Waals surface area contributed by atoms with Crippen molar-refractivity contribution in [2.24, 2.45) is 0 Å². The van der Waals surface area contributed by atoms with E-state index in [4.69, 9.17) is 0 Å². The minimum atomic E-state index is -0.443. The minimum absolute atomic E-state index is 0.239. The van der Waals surface area contributed by atoms with Crippen molar-refractivity contribution in [3.63, 3.8) is 0 Å². The second-order valence-electron chi connectivity index (χ2n) is 7.07. The van der Waals surface area contributed by atoms with Gasteiger partial charge < -0.3 is 10.2 Å². The number of nitrogens with one attached hydrogen (secondary N) is 2. The number of carbonyl (C=O) groups excluding carboxylic acids is 2. The number of hydrogen-bond donors (Lipinski definition) is 2. The predicted molar refractivity (Wildman–Crippen MR) is 110 cm³/mol. The van der Waals surface area contributed by atoms with Crippen LogP contribution in [0.25, 0.3) is 0 Å². The Labute approximate surface area is 166 Å². The highest BCUT2D eigenvalue weighted by Crippen LogP contribution is 2.08. The number of nitrogens with zero attached hydrogens (tertiary/aromatic N) is 2. The molecule has 148 valence electrons. The quantitative estimate of drug-likeness (QED) is 0.773. The highest BCUT2D eigenvalue weighted by Gasteiger charge is 2.18. The van der Waals surface area contributed by atoms with Crippen molar-refractivity contribution in [2.75, 3.05) is 32.7 Å². The third-order valence-corrected chi connectivity index (χ3v) is 4.92. The third-order valence-electron chi connectivity index (χ3n) is 4.92. The van der Waals surface area contributed by atoms with Crippen LogP contribution in [0.5, 0.6) is 0 Å². The maximum Gasteiger partial charge on any atom is 0.321 e. The van der Waals surface area contributed by atoms with Gasteiger partial charge in [-0.1, -0.05) is 60.7 Å². The molecule has 0 spiro atoms. The van der Waals surface area contributed by atoms with E-state index in [2.05, 4.69) is 44.7 Å². The number of benzene rings is 2. The molecule has 0 radical (unpaired) electrons. The van der Waals surface area contributed by atoms with Crippen LogP contribution in [-0.2, 0) is 17.9 Å². The first-order chi connectivity index (χ1) is 13.7. The molecule has 1 heterocycles. The summed E-state index contributed by atoms with van der Waals surface area (Å²) >= 11 is 0. The number of amides is 3. The molecule has 0 unspecified atom stereocenters. The van der Waals surface area contributed by atoms with Gasteiger partial charge in [0.2, 0.25) is 5.91 Å². The van der Waals surface area contributed by atoms with Crippen molar-refractivity contribution < 1.29 is 9.59 Å². The molecule has 28 heavy (non-hydrogen) atoms. The monoisotopic (exact) mass is 380 g/mol. The normalized spacial score (nSPS) is 15.1. The van der Waals surface area contributed by atoms with E-state index >= 15 is 0 Å². The van der Waals surface area contributed by atoms with Gasteiger partial charge in [0.25, 0.3) is 0 Å². The fraction of sp³-hybridized carbons (Fsp3) is 0.364. The first-order valence-corrected chi connectivity index (χ1v) is 9.79. The van der Waals surface area contributed by atoms with E-state index in [9.17, 15) is 9.59 Å². The lowest BCUT2D eigenvalue weighted by molar-refractivity contribution is -0.120. The molecule has 3 amide bonds. The van der Waals surface area contributed by atoms with Gasteiger partial charge in [-0.2, -0.15) is 0 Å². The largest absolute Gasteiger partial charge is 0.334 e. The molecule has 1 saturated heterocycles. The van der Waals surface area contributed by atoms with E-state index < -0.39 is 6.03 Å². The van der Waals surface area contributed by atoms with Gasteiger partial charge in [0.15, 0.2) is 0 Å². The molecular formula is C22H28N4O2. The molecule has 2 aromatic carbocycles.